The molecular formula is C21H13F7N4O. The lowest BCUT2D eigenvalue weighted by atomic mass is 10.1. The fourth-order valence-corrected chi connectivity index (χ4v) is 3.11. The molecule has 0 radical (unpaired) electrons. The van der Waals surface area contributed by atoms with E-state index in [0.717, 1.165) is 12.1 Å². The molecule has 0 unspecified atom stereocenters. The van der Waals surface area contributed by atoms with Crippen LogP contribution in [0.3, 0.4) is 0 Å². The van der Waals surface area contributed by atoms with Crippen LogP contribution in [0, 0.1) is 5.82 Å². The zero-order valence-corrected chi connectivity index (χ0v) is 16.4. The summed E-state index contributed by atoms with van der Waals surface area (Å²) in [6.45, 7) is 0. The largest absolute Gasteiger partial charge is 0.573 e. The van der Waals surface area contributed by atoms with Crippen molar-refractivity contribution in [1.29, 1.82) is 0 Å². The van der Waals surface area contributed by atoms with Crippen LogP contribution in [0.1, 0.15) is 17.0 Å². The van der Waals surface area contributed by atoms with Gasteiger partial charge in [-0.15, -0.1) is 13.2 Å². The molecule has 0 bridgehead atoms. The average Bonchev–Trinajstić information content (AvgIpc) is 3.14. The molecule has 0 aliphatic carbocycles. The number of hydrogen-bond acceptors (Lipinski definition) is 5. The Bertz CT molecular complexity index is 1200. The van der Waals surface area contributed by atoms with E-state index < -0.39 is 36.2 Å². The van der Waals surface area contributed by atoms with Gasteiger partial charge in [-0.05, 0) is 29.8 Å². The molecule has 1 N–H and O–H groups in total. The van der Waals surface area contributed by atoms with Gasteiger partial charge in [-0.2, -0.15) is 13.2 Å². The van der Waals surface area contributed by atoms with E-state index in [1.165, 1.54) is 30.3 Å². The first-order chi connectivity index (χ1) is 15.5. The molecule has 172 valence electrons. The summed E-state index contributed by atoms with van der Waals surface area (Å²) < 4.78 is 94.3. The van der Waals surface area contributed by atoms with Gasteiger partial charge in [-0.3, -0.25) is 0 Å². The lowest BCUT2D eigenvalue weighted by Gasteiger charge is -2.13. The number of rotatable bonds is 5. The van der Waals surface area contributed by atoms with Crippen molar-refractivity contribution in [2.24, 2.45) is 4.99 Å². The van der Waals surface area contributed by atoms with Gasteiger partial charge < -0.3 is 10.1 Å². The fourth-order valence-electron chi connectivity index (χ4n) is 3.11. The zero-order valence-electron chi connectivity index (χ0n) is 16.4. The number of fused-ring (bicyclic) bond motifs is 1. The number of alkyl halides is 6. The highest BCUT2D eigenvalue weighted by molar-refractivity contribution is 5.96. The van der Waals surface area contributed by atoms with Crippen LogP contribution < -0.4 is 10.1 Å². The van der Waals surface area contributed by atoms with E-state index in [1.54, 1.807) is 6.07 Å². The summed E-state index contributed by atoms with van der Waals surface area (Å²) in [6.07, 6.45) is -10.1. The second-order valence-corrected chi connectivity index (χ2v) is 7.00. The molecule has 2 aromatic carbocycles. The Morgan fingerprint density at radius 1 is 0.909 bits per heavy atom. The maximum absolute atomic E-state index is 14.1. The summed E-state index contributed by atoms with van der Waals surface area (Å²) in [5.74, 6) is -1.32. The second kappa shape index (κ2) is 8.34. The SMILES string of the molecule is Fc1ccccc1Nc1nc2c(nc1Cc1ccc(OC(F)(F)F)cc1)CC(C(F)(F)F)=N2. The van der Waals surface area contributed by atoms with Gasteiger partial charge in [-0.25, -0.2) is 19.4 Å². The van der Waals surface area contributed by atoms with Crippen LogP contribution in [-0.2, 0) is 12.8 Å². The van der Waals surface area contributed by atoms with Gasteiger partial charge in [0.1, 0.15) is 17.3 Å². The zero-order chi connectivity index (χ0) is 23.8. The van der Waals surface area contributed by atoms with Crippen LogP contribution in [0.5, 0.6) is 5.75 Å². The van der Waals surface area contributed by atoms with Gasteiger partial charge in [0.25, 0.3) is 0 Å². The number of nitrogens with zero attached hydrogens (tertiary/aromatic N) is 3. The van der Waals surface area contributed by atoms with E-state index in [9.17, 15) is 30.7 Å². The molecule has 3 aromatic rings. The van der Waals surface area contributed by atoms with Gasteiger partial charge in [-0.1, -0.05) is 24.3 Å². The Kier molecular flexibility index (Phi) is 5.68. The van der Waals surface area contributed by atoms with E-state index in [0.29, 0.717) is 5.56 Å². The molecule has 12 heteroatoms. The third kappa shape index (κ3) is 5.38. The van der Waals surface area contributed by atoms with Crippen molar-refractivity contribution in [3.63, 3.8) is 0 Å². The number of nitrogens with one attached hydrogen (secondary N) is 1. The molecule has 1 aliphatic heterocycles. The van der Waals surface area contributed by atoms with Crippen LogP contribution in [0.4, 0.5) is 48.1 Å². The normalized spacial score (nSPS) is 13.5. The summed E-state index contributed by atoms with van der Waals surface area (Å²) in [6, 6.07) is 10.5. The second-order valence-electron chi connectivity index (χ2n) is 7.00. The predicted octanol–water partition coefficient (Wildman–Crippen LogP) is 6.04. The van der Waals surface area contributed by atoms with Crippen LogP contribution in [0.15, 0.2) is 53.5 Å². The van der Waals surface area contributed by atoms with E-state index >= 15 is 0 Å². The van der Waals surface area contributed by atoms with E-state index in [4.69, 9.17) is 0 Å². The molecule has 0 atom stereocenters. The first-order valence-corrected chi connectivity index (χ1v) is 9.39. The molecule has 0 spiro atoms. The molecule has 0 saturated carbocycles. The van der Waals surface area contributed by atoms with Crippen molar-refractivity contribution >= 4 is 23.0 Å². The molecule has 0 amide bonds. The number of aliphatic imine (C=N–C) groups is 1. The lowest BCUT2D eigenvalue weighted by molar-refractivity contribution is -0.274. The number of para-hydroxylation sites is 1. The molecule has 0 fully saturated rings. The van der Waals surface area contributed by atoms with Gasteiger partial charge in [0.15, 0.2) is 11.6 Å². The van der Waals surface area contributed by atoms with Crippen molar-refractivity contribution in [2.45, 2.75) is 25.4 Å². The van der Waals surface area contributed by atoms with Gasteiger partial charge in [0.2, 0.25) is 0 Å². The predicted molar refractivity (Wildman–Crippen MR) is 104 cm³/mol. The molecule has 1 aliphatic rings. The minimum atomic E-state index is -4.85. The number of ether oxygens (including phenoxy) is 1. The molecular weight excluding hydrogens is 457 g/mol. The first kappa shape index (κ1) is 22.5. The smallest absolute Gasteiger partial charge is 0.406 e. The highest BCUT2D eigenvalue weighted by Crippen LogP contribution is 2.34. The summed E-state index contributed by atoms with van der Waals surface area (Å²) in [4.78, 5) is 11.9. The monoisotopic (exact) mass is 470 g/mol. The molecule has 0 saturated heterocycles. The number of benzene rings is 2. The highest BCUT2D eigenvalue weighted by Gasteiger charge is 2.40. The summed E-state index contributed by atoms with van der Waals surface area (Å²) in [7, 11) is 0. The van der Waals surface area contributed by atoms with E-state index in [1.807, 2.05) is 0 Å². The van der Waals surface area contributed by atoms with E-state index in [-0.39, 0.29) is 35.1 Å². The van der Waals surface area contributed by atoms with Crippen LogP contribution in [0.2, 0.25) is 0 Å². The molecule has 33 heavy (non-hydrogen) atoms. The lowest BCUT2D eigenvalue weighted by Crippen LogP contribution is -2.22. The minimum Gasteiger partial charge on any atom is -0.406 e. The summed E-state index contributed by atoms with van der Waals surface area (Å²) in [5.41, 5.74) is -0.404. The van der Waals surface area contributed by atoms with Crippen LogP contribution in [0.25, 0.3) is 0 Å². The fraction of sp³-hybridized carbons (Fsp3) is 0.190. The number of aromatic nitrogens is 2. The van der Waals surface area contributed by atoms with Crippen molar-refractivity contribution < 1.29 is 35.5 Å². The average molecular weight is 470 g/mol. The Labute approximate surface area is 182 Å². The standard InChI is InChI=1S/C21H13F7N4O/c22-13-3-1-2-4-14(13)30-18-15(9-11-5-7-12(8-6-11)33-21(26,27)28)29-16-10-17(20(23,24)25)31-19(16)32-18/h1-8H,9-10H2,(H,30,32). The Morgan fingerprint density at radius 3 is 2.24 bits per heavy atom. The maximum atomic E-state index is 14.1. The van der Waals surface area contributed by atoms with Crippen molar-refractivity contribution in [3.05, 3.63) is 71.3 Å². The van der Waals surface area contributed by atoms with Gasteiger partial charge in [0.05, 0.1) is 17.1 Å². The molecule has 4 rings (SSSR count). The molecule has 1 aromatic heterocycles. The third-order valence-corrected chi connectivity index (χ3v) is 4.58. The highest BCUT2D eigenvalue weighted by atomic mass is 19.4. The number of anilines is 2. The quantitative estimate of drug-likeness (QED) is 0.462. The minimum absolute atomic E-state index is 0.00608. The van der Waals surface area contributed by atoms with Crippen molar-refractivity contribution in [3.8, 4) is 5.75 Å². The maximum Gasteiger partial charge on any atom is 0.573 e. The van der Waals surface area contributed by atoms with Crippen molar-refractivity contribution in [2.75, 3.05) is 5.32 Å². The Balaban J connectivity index is 1.67. The summed E-state index contributed by atoms with van der Waals surface area (Å²) in [5, 5.41) is 2.71. The van der Waals surface area contributed by atoms with Gasteiger partial charge >= 0.3 is 12.5 Å². The molecule has 5 nitrogen and oxygen atoms in total. The first-order valence-electron chi connectivity index (χ1n) is 9.39. The van der Waals surface area contributed by atoms with E-state index in [2.05, 4.69) is 25.0 Å². The topological polar surface area (TPSA) is 59.4 Å². The van der Waals surface area contributed by atoms with Crippen LogP contribution >= 0.6 is 0 Å². The third-order valence-electron chi connectivity index (χ3n) is 4.58. The number of hydrogen-bond donors (Lipinski definition) is 1. The Morgan fingerprint density at radius 2 is 1.61 bits per heavy atom. The molecule has 2 heterocycles. The van der Waals surface area contributed by atoms with Gasteiger partial charge in [0, 0.05) is 12.8 Å². The van der Waals surface area contributed by atoms with Crippen LogP contribution in [-0.4, -0.2) is 28.2 Å². The Hall–Kier alpha value is -3.70. The number of halogens is 7. The van der Waals surface area contributed by atoms with Crippen molar-refractivity contribution in [1.82, 2.24) is 9.97 Å². The summed E-state index contributed by atoms with van der Waals surface area (Å²) >= 11 is 0.